The number of hydrogen-bond acceptors (Lipinski definition) is 5. The van der Waals surface area contributed by atoms with Crippen LogP contribution in [0.1, 0.15) is 17.3 Å². The number of carbonyl (C=O) groups is 2. The molecule has 104 valence electrons. The van der Waals surface area contributed by atoms with Crippen molar-refractivity contribution in [3.8, 4) is 0 Å². The summed E-state index contributed by atoms with van der Waals surface area (Å²) in [6, 6.07) is 3.56. The number of carboxylic acids is 1. The first-order valence-electron chi connectivity index (χ1n) is 5.25. The molecule has 0 unspecified atom stereocenters. The standard InChI is InChI=1S/C11H13NO6S/c1-7(14)8-3-2-4-9(5-8)19(17,18)12-10(6-13)11(15)16/h2-5,10,12-13H,6H2,1H3,(H,15,16)/t10-/m0/s1. The first-order chi connectivity index (χ1) is 8.77. The van der Waals surface area contributed by atoms with E-state index in [2.05, 4.69) is 0 Å². The fourth-order valence-electron chi connectivity index (χ4n) is 1.30. The number of hydrogen-bond donors (Lipinski definition) is 3. The number of nitrogens with one attached hydrogen (secondary N) is 1. The van der Waals surface area contributed by atoms with E-state index in [1.165, 1.54) is 25.1 Å². The molecule has 1 rings (SSSR count). The Bertz CT molecular complexity index is 595. The number of sulfonamides is 1. The molecule has 0 amide bonds. The molecule has 0 heterocycles. The van der Waals surface area contributed by atoms with Crippen LogP contribution in [-0.4, -0.2) is 43.0 Å². The van der Waals surface area contributed by atoms with Gasteiger partial charge in [0, 0.05) is 5.56 Å². The van der Waals surface area contributed by atoms with Crippen molar-refractivity contribution in [2.24, 2.45) is 0 Å². The fraction of sp³-hybridized carbons (Fsp3) is 0.273. The SMILES string of the molecule is CC(=O)c1cccc(S(=O)(=O)N[C@@H](CO)C(=O)O)c1. The van der Waals surface area contributed by atoms with Crippen LogP contribution in [0.5, 0.6) is 0 Å². The van der Waals surface area contributed by atoms with Crippen LogP contribution >= 0.6 is 0 Å². The van der Waals surface area contributed by atoms with Crippen LogP contribution in [0.15, 0.2) is 29.2 Å². The summed E-state index contributed by atoms with van der Waals surface area (Å²) in [5, 5.41) is 17.5. The maximum Gasteiger partial charge on any atom is 0.324 e. The quantitative estimate of drug-likeness (QED) is 0.613. The first kappa shape index (κ1) is 15.3. The summed E-state index contributed by atoms with van der Waals surface area (Å²) in [7, 11) is -4.12. The van der Waals surface area contributed by atoms with Crippen molar-refractivity contribution in [2.75, 3.05) is 6.61 Å². The lowest BCUT2D eigenvalue weighted by Gasteiger charge is -2.12. The summed E-state index contributed by atoms with van der Waals surface area (Å²) < 4.78 is 25.6. The number of ketones is 1. The van der Waals surface area contributed by atoms with Gasteiger partial charge in [-0.3, -0.25) is 9.59 Å². The monoisotopic (exact) mass is 287 g/mol. The average molecular weight is 287 g/mol. The Kier molecular flexibility index (Phi) is 4.76. The predicted octanol–water partition coefficient (Wildman–Crippen LogP) is -0.387. The summed E-state index contributed by atoms with van der Waals surface area (Å²) in [4.78, 5) is 21.6. The molecule has 0 bridgehead atoms. The first-order valence-corrected chi connectivity index (χ1v) is 6.73. The van der Waals surface area contributed by atoms with Gasteiger partial charge in [-0.25, -0.2) is 8.42 Å². The number of aliphatic hydroxyl groups excluding tert-OH is 1. The molecule has 0 fully saturated rings. The molecule has 3 N–H and O–H groups in total. The second-order valence-electron chi connectivity index (χ2n) is 3.78. The van der Waals surface area contributed by atoms with Crippen molar-refractivity contribution in [1.82, 2.24) is 4.72 Å². The summed E-state index contributed by atoms with van der Waals surface area (Å²) in [6.45, 7) is 0.411. The Labute approximate surface area is 109 Å². The van der Waals surface area contributed by atoms with Crippen LogP contribution in [0, 0.1) is 0 Å². The van der Waals surface area contributed by atoms with Crippen LogP contribution in [0.4, 0.5) is 0 Å². The Morgan fingerprint density at radius 2 is 2.00 bits per heavy atom. The number of rotatable bonds is 6. The van der Waals surface area contributed by atoms with Crippen molar-refractivity contribution < 1.29 is 28.2 Å². The molecule has 0 saturated carbocycles. The number of carboxylic acid groups (broad SMARTS) is 1. The Morgan fingerprint density at radius 1 is 1.37 bits per heavy atom. The molecule has 0 aliphatic carbocycles. The average Bonchev–Trinajstić information content (AvgIpc) is 2.35. The second kappa shape index (κ2) is 5.91. The maximum absolute atomic E-state index is 11.9. The van der Waals surface area contributed by atoms with Crippen LogP contribution in [-0.2, 0) is 14.8 Å². The van der Waals surface area contributed by atoms with Crippen LogP contribution in [0.2, 0.25) is 0 Å². The van der Waals surface area contributed by atoms with Gasteiger partial charge in [0.05, 0.1) is 11.5 Å². The van der Waals surface area contributed by atoms with Crippen molar-refractivity contribution in [1.29, 1.82) is 0 Å². The molecule has 0 spiro atoms. The molecule has 19 heavy (non-hydrogen) atoms. The highest BCUT2D eigenvalue weighted by Crippen LogP contribution is 2.12. The van der Waals surface area contributed by atoms with Crippen LogP contribution in [0.3, 0.4) is 0 Å². The van der Waals surface area contributed by atoms with E-state index in [4.69, 9.17) is 10.2 Å². The van der Waals surface area contributed by atoms with E-state index in [9.17, 15) is 18.0 Å². The van der Waals surface area contributed by atoms with Gasteiger partial charge in [-0.1, -0.05) is 12.1 Å². The van der Waals surface area contributed by atoms with E-state index >= 15 is 0 Å². The van der Waals surface area contributed by atoms with E-state index in [0.717, 1.165) is 6.07 Å². The molecule has 0 saturated heterocycles. The zero-order chi connectivity index (χ0) is 14.6. The Hall–Kier alpha value is -1.77. The van der Waals surface area contributed by atoms with Gasteiger partial charge in [-0.15, -0.1) is 0 Å². The molecule has 1 atom stereocenters. The Balaban J connectivity index is 3.10. The van der Waals surface area contributed by atoms with Crippen molar-refractivity contribution in [2.45, 2.75) is 17.9 Å². The second-order valence-corrected chi connectivity index (χ2v) is 5.49. The van der Waals surface area contributed by atoms with E-state index in [1.54, 1.807) is 0 Å². The summed E-state index contributed by atoms with van der Waals surface area (Å²) >= 11 is 0. The van der Waals surface area contributed by atoms with Gasteiger partial charge in [0.2, 0.25) is 10.0 Å². The summed E-state index contributed by atoms with van der Waals surface area (Å²) in [5.41, 5.74) is 0.193. The molecule has 8 heteroatoms. The van der Waals surface area contributed by atoms with Gasteiger partial charge in [0.15, 0.2) is 5.78 Å². The minimum absolute atomic E-state index is 0.193. The van der Waals surface area contributed by atoms with Crippen molar-refractivity contribution in [3.63, 3.8) is 0 Å². The number of aliphatic hydroxyl groups is 1. The highest BCUT2D eigenvalue weighted by molar-refractivity contribution is 7.89. The zero-order valence-electron chi connectivity index (χ0n) is 10.0. The van der Waals surface area contributed by atoms with E-state index < -0.39 is 28.6 Å². The highest BCUT2D eigenvalue weighted by Gasteiger charge is 2.24. The fourth-order valence-corrected chi connectivity index (χ4v) is 2.53. The van der Waals surface area contributed by atoms with Gasteiger partial charge in [0.1, 0.15) is 6.04 Å². The lowest BCUT2D eigenvalue weighted by Crippen LogP contribution is -2.43. The van der Waals surface area contributed by atoms with E-state index in [-0.39, 0.29) is 16.2 Å². The third-order valence-corrected chi connectivity index (χ3v) is 3.80. The topological polar surface area (TPSA) is 121 Å². The van der Waals surface area contributed by atoms with Crippen LogP contribution < -0.4 is 4.72 Å². The lowest BCUT2D eigenvalue weighted by molar-refractivity contribution is -0.139. The molecule has 0 aromatic heterocycles. The minimum Gasteiger partial charge on any atom is -0.480 e. The molecule has 7 nitrogen and oxygen atoms in total. The van der Waals surface area contributed by atoms with Gasteiger partial charge in [-0.05, 0) is 19.1 Å². The molecule has 0 aliphatic heterocycles. The highest BCUT2D eigenvalue weighted by atomic mass is 32.2. The normalized spacial score (nSPS) is 12.9. The zero-order valence-corrected chi connectivity index (χ0v) is 10.8. The molecular weight excluding hydrogens is 274 g/mol. The number of aliphatic carboxylic acids is 1. The van der Waals surface area contributed by atoms with E-state index in [1.807, 2.05) is 4.72 Å². The third kappa shape index (κ3) is 3.85. The van der Waals surface area contributed by atoms with Crippen molar-refractivity contribution >= 4 is 21.8 Å². The largest absolute Gasteiger partial charge is 0.480 e. The van der Waals surface area contributed by atoms with Gasteiger partial charge in [0.25, 0.3) is 0 Å². The van der Waals surface area contributed by atoms with Gasteiger partial charge >= 0.3 is 5.97 Å². The number of benzene rings is 1. The van der Waals surface area contributed by atoms with Crippen LogP contribution in [0.25, 0.3) is 0 Å². The molecule has 0 aliphatic rings. The molecule has 0 radical (unpaired) electrons. The smallest absolute Gasteiger partial charge is 0.324 e. The molecule has 1 aromatic carbocycles. The van der Waals surface area contributed by atoms with E-state index in [0.29, 0.717) is 0 Å². The summed E-state index contributed by atoms with van der Waals surface area (Å²) in [5.74, 6) is -1.80. The van der Waals surface area contributed by atoms with Gasteiger partial charge in [-0.2, -0.15) is 4.72 Å². The maximum atomic E-state index is 11.9. The molecule has 1 aromatic rings. The number of carbonyl (C=O) groups excluding carboxylic acids is 1. The molecular formula is C11H13NO6S. The lowest BCUT2D eigenvalue weighted by atomic mass is 10.2. The summed E-state index contributed by atoms with van der Waals surface area (Å²) in [6.07, 6.45) is 0. The number of Topliss-reactive ketones (excluding diaryl/α,β-unsaturated/α-hetero) is 1. The third-order valence-electron chi connectivity index (χ3n) is 2.33. The Morgan fingerprint density at radius 3 is 2.47 bits per heavy atom. The van der Waals surface area contributed by atoms with Gasteiger partial charge < -0.3 is 10.2 Å². The predicted molar refractivity (Wildman–Crippen MR) is 65.3 cm³/mol. The van der Waals surface area contributed by atoms with Crippen molar-refractivity contribution in [3.05, 3.63) is 29.8 Å². The minimum atomic E-state index is -4.12.